The molecular weight excluding hydrogens is 334 g/mol. The number of nitrogens with one attached hydrogen (secondary N) is 1. The quantitative estimate of drug-likeness (QED) is 0.373. The first-order valence-corrected chi connectivity index (χ1v) is 7.81. The summed E-state index contributed by atoms with van der Waals surface area (Å²) in [6, 6.07) is 18.6. The smallest absolute Gasteiger partial charge is 0.354 e. The molecule has 26 heavy (non-hydrogen) atoms. The predicted molar refractivity (Wildman–Crippen MR) is 98.3 cm³/mol. The summed E-state index contributed by atoms with van der Waals surface area (Å²) in [6.07, 6.45) is -0.316. The highest BCUT2D eigenvalue weighted by Gasteiger charge is 2.17. The molecule has 1 N–H and O–H groups in total. The number of nitrogens with zero attached hydrogens (tertiary/aromatic N) is 2. The van der Waals surface area contributed by atoms with Crippen molar-refractivity contribution in [3.8, 4) is 0 Å². The molecule has 0 radical (unpaired) electrons. The topological polar surface area (TPSA) is 89.4 Å². The number of benzene rings is 2. The highest BCUT2D eigenvalue weighted by Crippen LogP contribution is 2.12. The minimum atomic E-state index is -0.727. The van der Waals surface area contributed by atoms with Crippen molar-refractivity contribution in [2.24, 2.45) is 10.1 Å². The largest absolute Gasteiger partial charge is 0.469 e. The van der Waals surface area contributed by atoms with Gasteiger partial charge in [-0.25, -0.2) is 9.79 Å². The summed E-state index contributed by atoms with van der Waals surface area (Å²) in [7, 11) is 2.45. The number of amidine groups is 1. The van der Waals surface area contributed by atoms with Gasteiger partial charge in [-0.2, -0.15) is 5.10 Å². The van der Waals surface area contributed by atoms with E-state index in [0.29, 0.717) is 11.5 Å². The number of hydrogen-bond acceptors (Lipinski definition) is 6. The van der Waals surface area contributed by atoms with Gasteiger partial charge in [0.25, 0.3) is 0 Å². The second-order valence-corrected chi connectivity index (χ2v) is 5.08. The molecular formula is C19H19N3O4. The number of hydrazone groups is 1. The number of aliphatic imine (C=N–C) groups is 1. The lowest BCUT2D eigenvalue weighted by Gasteiger charge is -2.08. The number of methoxy groups -OCH3 is 2. The van der Waals surface area contributed by atoms with Crippen molar-refractivity contribution in [2.75, 3.05) is 14.2 Å². The fourth-order valence-corrected chi connectivity index (χ4v) is 1.99. The van der Waals surface area contributed by atoms with Crippen LogP contribution < -0.4 is 5.43 Å². The number of carbonyl (C=O) groups is 2. The molecule has 0 heterocycles. The molecule has 0 spiro atoms. The van der Waals surface area contributed by atoms with Gasteiger partial charge in [0, 0.05) is 5.56 Å². The zero-order valence-electron chi connectivity index (χ0n) is 14.5. The minimum absolute atomic E-state index is 0.115. The van der Waals surface area contributed by atoms with Crippen molar-refractivity contribution in [2.45, 2.75) is 6.42 Å². The average molecular weight is 353 g/mol. The van der Waals surface area contributed by atoms with Gasteiger partial charge in [-0.1, -0.05) is 48.5 Å². The van der Waals surface area contributed by atoms with E-state index in [9.17, 15) is 9.59 Å². The van der Waals surface area contributed by atoms with E-state index in [0.717, 1.165) is 5.56 Å². The Balaban J connectivity index is 2.34. The summed E-state index contributed by atoms with van der Waals surface area (Å²) in [4.78, 5) is 27.8. The molecule has 2 aromatic rings. The fourth-order valence-electron chi connectivity index (χ4n) is 1.99. The molecule has 7 heteroatoms. The summed E-state index contributed by atoms with van der Waals surface area (Å²) in [5.41, 5.74) is 4.12. The van der Waals surface area contributed by atoms with Gasteiger partial charge in [0.1, 0.15) is 0 Å². The van der Waals surface area contributed by atoms with Crippen LogP contribution in [0.1, 0.15) is 12.0 Å². The van der Waals surface area contributed by atoms with Crippen molar-refractivity contribution in [3.05, 3.63) is 66.2 Å². The van der Waals surface area contributed by atoms with Crippen molar-refractivity contribution in [1.29, 1.82) is 0 Å². The van der Waals surface area contributed by atoms with Gasteiger partial charge in [-0.05, 0) is 12.1 Å². The maximum Gasteiger partial charge on any atom is 0.354 e. The maximum atomic E-state index is 11.8. The van der Waals surface area contributed by atoms with Crippen LogP contribution in [0.15, 0.2) is 70.8 Å². The molecule has 0 atom stereocenters. The molecule has 0 saturated carbocycles. The molecule has 0 amide bonds. The Morgan fingerprint density at radius 3 is 2.12 bits per heavy atom. The van der Waals surface area contributed by atoms with Crippen LogP contribution in [0.2, 0.25) is 0 Å². The van der Waals surface area contributed by atoms with E-state index in [4.69, 9.17) is 0 Å². The molecule has 0 unspecified atom stereocenters. The van der Waals surface area contributed by atoms with Crippen molar-refractivity contribution in [1.82, 2.24) is 5.43 Å². The third kappa shape index (κ3) is 5.55. The number of carbonyl (C=O) groups excluding carboxylic acids is 2. The van der Waals surface area contributed by atoms with E-state index in [1.165, 1.54) is 14.2 Å². The van der Waals surface area contributed by atoms with Crippen molar-refractivity contribution < 1.29 is 19.1 Å². The molecule has 2 aromatic carbocycles. The Kier molecular flexibility index (Phi) is 7.05. The molecule has 0 aliphatic heterocycles. The number of esters is 2. The zero-order chi connectivity index (χ0) is 18.8. The van der Waals surface area contributed by atoms with Gasteiger partial charge in [-0.15, -0.1) is 0 Å². The highest BCUT2D eigenvalue weighted by molar-refractivity contribution is 6.39. The maximum absolute atomic E-state index is 11.8. The fraction of sp³-hybridized carbons (Fsp3) is 0.158. The van der Waals surface area contributed by atoms with Gasteiger partial charge < -0.3 is 9.47 Å². The molecule has 0 bridgehead atoms. The van der Waals surface area contributed by atoms with Gasteiger partial charge in [-0.3, -0.25) is 10.2 Å². The second kappa shape index (κ2) is 9.73. The third-order valence-corrected chi connectivity index (χ3v) is 3.30. The zero-order valence-corrected chi connectivity index (χ0v) is 14.5. The predicted octanol–water partition coefficient (Wildman–Crippen LogP) is 2.45. The van der Waals surface area contributed by atoms with Gasteiger partial charge in [0.15, 0.2) is 11.5 Å². The Bertz CT molecular complexity index is 802. The first kappa shape index (κ1) is 18.9. The van der Waals surface area contributed by atoms with E-state index in [2.05, 4.69) is 25.0 Å². The Morgan fingerprint density at radius 1 is 0.923 bits per heavy atom. The van der Waals surface area contributed by atoms with Crippen LogP contribution >= 0.6 is 0 Å². The lowest BCUT2D eigenvalue weighted by atomic mass is 10.2. The summed E-state index contributed by atoms with van der Waals surface area (Å²) >= 11 is 0. The molecule has 0 fully saturated rings. The van der Waals surface area contributed by atoms with Crippen LogP contribution in [0.4, 0.5) is 5.69 Å². The van der Waals surface area contributed by atoms with Gasteiger partial charge >= 0.3 is 11.9 Å². The second-order valence-electron chi connectivity index (χ2n) is 5.08. The van der Waals surface area contributed by atoms with Crippen LogP contribution in [0.3, 0.4) is 0 Å². The average Bonchev–Trinajstić information content (AvgIpc) is 2.70. The molecule has 2 rings (SSSR count). The van der Waals surface area contributed by atoms with E-state index in [1.54, 1.807) is 0 Å². The molecule has 0 aliphatic rings. The Hall–Kier alpha value is -3.48. The summed E-state index contributed by atoms with van der Waals surface area (Å²) in [6.45, 7) is 0. The van der Waals surface area contributed by atoms with E-state index in [1.807, 2.05) is 60.7 Å². The van der Waals surface area contributed by atoms with Gasteiger partial charge in [0.05, 0.1) is 26.3 Å². The summed E-state index contributed by atoms with van der Waals surface area (Å²) in [5, 5.41) is 4.02. The van der Waals surface area contributed by atoms with Crippen molar-refractivity contribution >= 4 is 29.2 Å². The number of para-hydroxylation sites is 1. The first-order valence-electron chi connectivity index (χ1n) is 7.81. The minimum Gasteiger partial charge on any atom is -0.469 e. The lowest BCUT2D eigenvalue weighted by molar-refractivity contribution is -0.140. The van der Waals surface area contributed by atoms with E-state index < -0.39 is 11.9 Å². The first-order chi connectivity index (χ1) is 12.6. The SMILES string of the molecule is COC(=O)C/C(=N/NC(=Nc1ccccc1)c1ccccc1)C(=O)OC. The highest BCUT2D eigenvalue weighted by atomic mass is 16.5. The van der Waals surface area contributed by atoms with Gasteiger partial charge in [0.2, 0.25) is 0 Å². The standard InChI is InChI=1S/C19H19N3O4/c1-25-17(23)13-16(19(24)26-2)21-22-18(14-9-5-3-6-10-14)20-15-11-7-4-8-12-15/h3-12H,13H2,1-2H3,(H,20,22)/b21-16-. The van der Waals surface area contributed by atoms with Crippen LogP contribution in [0.5, 0.6) is 0 Å². The van der Waals surface area contributed by atoms with E-state index in [-0.39, 0.29) is 12.1 Å². The van der Waals surface area contributed by atoms with Crippen LogP contribution in [-0.2, 0) is 19.1 Å². The molecule has 0 aliphatic carbocycles. The molecule has 134 valence electrons. The van der Waals surface area contributed by atoms with Crippen molar-refractivity contribution in [3.63, 3.8) is 0 Å². The Labute approximate surface area is 151 Å². The normalized spacial score (nSPS) is 11.6. The van der Waals surface area contributed by atoms with E-state index >= 15 is 0 Å². The summed E-state index contributed by atoms with van der Waals surface area (Å²) < 4.78 is 9.23. The summed E-state index contributed by atoms with van der Waals surface area (Å²) in [5.74, 6) is -0.907. The molecule has 0 saturated heterocycles. The van der Waals surface area contributed by atoms with Crippen LogP contribution in [0, 0.1) is 0 Å². The number of rotatable bonds is 6. The van der Waals surface area contributed by atoms with Crippen LogP contribution in [0.25, 0.3) is 0 Å². The van der Waals surface area contributed by atoms with Crippen LogP contribution in [-0.4, -0.2) is 37.7 Å². The number of hydrogen-bond donors (Lipinski definition) is 1. The lowest BCUT2D eigenvalue weighted by Crippen LogP contribution is -2.27. The third-order valence-electron chi connectivity index (χ3n) is 3.30. The monoisotopic (exact) mass is 353 g/mol. The molecule has 7 nitrogen and oxygen atoms in total. The number of ether oxygens (including phenoxy) is 2. The Morgan fingerprint density at radius 2 is 1.54 bits per heavy atom. The molecule has 0 aromatic heterocycles.